The van der Waals surface area contributed by atoms with Crippen LogP contribution in [0, 0.1) is 41.0 Å². The van der Waals surface area contributed by atoms with Gasteiger partial charge in [-0.1, -0.05) is 0 Å². The third-order valence-electron chi connectivity index (χ3n) is 0. The number of guanidine groups is 1. The molecule has 0 heterocycles. The van der Waals surface area contributed by atoms with E-state index >= 15 is 0 Å². The zero-order chi connectivity index (χ0) is 7.15. The quantitative estimate of drug-likeness (QED) is 0.327. The molecule has 0 atom stereocenters. The first-order valence-electron chi connectivity index (χ1n) is 1.76. The predicted octanol–water partition coefficient (Wildman–Crippen LogP) is -1.07. The van der Waals surface area contributed by atoms with Crippen molar-refractivity contribution in [3.05, 3.63) is 0 Å². The van der Waals surface area contributed by atoms with Crippen molar-refractivity contribution in [2.45, 2.75) is 6.92 Å². The predicted molar refractivity (Wildman–Crippen MR) is 29.4 cm³/mol. The van der Waals surface area contributed by atoms with E-state index in [2.05, 4.69) is 11.5 Å². The van der Waals surface area contributed by atoms with Crippen molar-refractivity contribution in [1.29, 1.82) is 5.41 Å². The molecule has 0 rings (SSSR count). The molecule has 0 aromatic carbocycles. The van der Waals surface area contributed by atoms with Crippen LogP contribution in [0.2, 0.25) is 0 Å². The van der Waals surface area contributed by atoms with Gasteiger partial charge in [-0.05, 0) is 0 Å². The fourth-order valence-corrected chi connectivity index (χ4v) is 0. The minimum atomic E-state index is -0.833. The summed E-state index contributed by atoms with van der Waals surface area (Å²) < 4.78 is 0. The summed E-state index contributed by atoms with van der Waals surface area (Å²) in [7, 11) is 0. The molecule has 0 unspecified atom stereocenters. The Morgan fingerprint density at radius 3 is 1.56 bits per heavy atom. The summed E-state index contributed by atoms with van der Waals surface area (Å²) in [5.74, 6) is -1.17. The molecular formula is C3H9LaN3O2. The Bertz CT molecular complexity index is 75.1. The summed E-state index contributed by atoms with van der Waals surface area (Å²) in [6.07, 6.45) is 0. The smallest absolute Gasteiger partial charge is 0.300 e. The molecule has 6 N–H and O–H groups in total. The molecule has 0 aliphatic carbocycles. The van der Waals surface area contributed by atoms with Gasteiger partial charge in [-0.2, -0.15) is 0 Å². The summed E-state index contributed by atoms with van der Waals surface area (Å²) in [5.41, 5.74) is 8.94. The van der Waals surface area contributed by atoms with Crippen LogP contribution in [0.3, 0.4) is 0 Å². The van der Waals surface area contributed by atoms with Gasteiger partial charge in [-0.3, -0.25) is 10.2 Å². The normalized spacial score (nSPS) is 5.44. The second-order valence-electron chi connectivity index (χ2n) is 0.974. The van der Waals surface area contributed by atoms with Crippen molar-refractivity contribution in [3.63, 3.8) is 0 Å². The zero-order valence-electron chi connectivity index (χ0n) is 5.09. The average Bonchev–Trinajstić information content (AvgIpc) is 1.25. The third-order valence-corrected chi connectivity index (χ3v) is 0. The summed E-state index contributed by atoms with van der Waals surface area (Å²) in [5, 5.41) is 13.5. The van der Waals surface area contributed by atoms with Gasteiger partial charge in [0.2, 0.25) is 0 Å². The molecule has 9 heavy (non-hydrogen) atoms. The molecule has 6 heteroatoms. The summed E-state index contributed by atoms with van der Waals surface area (Å²) in [4.78, 5) is 9.00. The number of aliphatic carboxylic acids is 1. The van der Waals surface area contributed by atoms with Crippen LogP contribution in [-0.2, 0) is 4.79 Å². The molecule has 0 aliphatic rings. The number of hydrogen-bond acceptors (Lipinski definition) is 2. The van der Waals surface area contributed by atoms with Crippen molar-refractivity contribution in [1.82, 2.24) is 0 Å². The van der Waals surface area contributed by atoms with Crippen LogP contribution in [0.4, 0.5) is 0 Å². The van der Waals surface area contributed by atoms with Crippen LogP contribution in [0.25, 0.3) is 0 Å². The van der Waals surface area contributed by atoms with Crippen molar-refractivity contribution >= 4 is 11.9 Å². The van der Waals surface area contributed by atoms with Crippen LogP contribution in [0.5, 0.6) is 0 Å². The van der Waals surface area contributed by atoms with E-state index in [9.17, 15) is 0 Å². The van der Waals surface area contributed by atoms with Gasteiger partial charge >= 0.3 is 0 Å². The minimum Gasteiger partial charge on any atom is -0.481 e. The molecule has 1 radical (unpaired) electrons. The maximum atomic E-state index is 9.00. The second kappa shape index (κ2) is 10.8. The molecule has 0 aromatic heterocycles. The molecule has 51 valence electrons. The Labute approximate surface area is 80.9 Å². The number of nitrogens with two attached hydrogens (primary N) is 2. The largest absolute Gasteiger partial charge is 0.481 e. The summed E-state index contributed by atoms with van der Waals surface area (Å²) in [6, 6.07) is 0. The van der Waals surface area contributed by atoms with Gasteiger partial charge in [0.25, 0.3) is 5.97 Å². The Hall–Kier alpha value is -0.0652. The Morgan fingerprint density at radius 1 is 1.56 bits per heavy atom. The number of hydrogen-bond donors (Lipinski definition) is 4. The molecule has 0 saturated carbocycles. The van der Waals surface area contributed by atoms with Gasteiger partial charge in [0.15, 0.2) is 5.96 Å². The first-order chi connectivity index (χ1) is 3.46. The molecule has 0 spiro atoms. The maximum absolute atomic E-state index is 9.00. The van der Waals surface area contributed by atoms with Crippen LogP contribution in [0.1, 0.15) is 6.92 Å². The van der Waals surface area contributed by atoms with Crippen LogP contribution in [-0.4, -0.2) is 17.0 Å². The molecular weight excluding hydrogens is 249 g/mol. The van der Waals surface area contributed by atoms with Crippen LogP contribution in [0.15, 0.2) is 0 Å². The van der Waals surface area contributed by atoms with Gasteiger partial charge in [-0.15, -0.1) is 0 Å². The van der Waals surface area contributed by atoms with E-state index in [1.54, 1.807) is 0 Å². The van der Waals surface area contributed by atoms with E-state index in [0.29, 0.717) is 0 Å². The number of carboxylic acids is 1. The fraction of sp³-hybridized carbons (Fsp3) is 0.333. The molecule has 0 bridgehead atoms. The standard InChI is InChI=1S/C2H4O2.CH5N3.La/c1-2(3)4;2-1(3)4;/h1H3,(H,3,4);(H5,2,3,4);. The summed E-state index contributed by atoms with van der Waals surface area (Å²) >= 11 is 0. The number of carbonyl (C=O) groups is 1. The van der Waals surface area contributed by atoms with E-state index in [-0.39, 0.29) is 41.6 Å². The van der Waals surface area contributed by atoms with Crippen LogP contribution >= 0.6 is 0 Å². The average molecular weight is 258 g/mol. The Kier molecular flexibility index (Phi) is 19.2. The van der Waals surface area contributed by atoms with Gasteiger partial charge in [0.05, 0.1) is 0 Å². The monoisotopic (exact) mass is 258 g/mol. The number of nitrogens with one attached hydrogen (secondary N) is 1. The molecule has 0 saturated heterocycles. The fourth-order valence-electron chi connectivity index (χ4n) is 0. The third kappa shape index (κ3) is 65800. The topological polar surface area (TPSA) is 113 Å². The molecule has 0 aromatic rings. The van der Waals surface area contributed by atoms with E-state index in [4.69, 9.17) is 15.3 Å². The van der Waals surface area contributed by atoms with Crippen molar-refractivity contribution in [2.75, 3.05) is 0 Å². The van der Waals surface area contributed by atoms with Gasteiger partial charge in [0, 0.05) is 42.5 Å². The van der Waals surface area contributed by atoms with E-state index < -0.39 is 5.97 Å². The van der Waals surface area contributed by atoms with E-state index in [0.717, 1.165) is 6.92 Å². The number of rotatable bonds is 0. The molecule has 0 fully saturated rings. The van der Waals surface area contributed by atoms with Crippen molar-refractivity contribution in [2.24, 2.45) is 11.5 Å². The minimum absolute atomic E-state index is 0. The molecule has 0 aliphatic heterocycles. The zero-order valence-corrected chi connectivity index (χ0v) is 8.71. The van der Waals surface area contributed by atoms with Crippen molar-refractivity contribution in [3.8, 4) is 0 Å². The van der Waals surface area contributed by atoms with Gasteiger partial charge in [0.1, 0.15) is 0 Å². The molecule has 0 amide bonds. The Balaban J connectivity index is -0.0000000720. The van der Waals surface area contributed by atoms with E-state index in [1.165, 1.54) is 0 Å². The van der Waals surface area contributed by atoms with E-state index in [1.807, 2.05) is 0 Å². The second-order valence-corrected chi connectivity index (χ2v) is 0.974. The van der Waals surface area contributed by atoms with Gasteiger partial charge < -0.3 is 16.6 Å². The number of carboxylic acid groups (broad SMARTS) is 1. The van der Waals surface area contributed by atoms with Crippen molar-refractivity contribution < 1.29 is 45.5 Å². The maximum Gasteiger partial charge on any atom is 0.300 e. The first-order valence-corrected chi connectivity index (χ1v) is 1.76. The molecule has 5 nitrogen and oxygen atoms in total. The first kappa shape index (κ1) is 16.0. The summed E-state index contributed by atoms with van der Waals surface area (Å²) in [6.45, 7) is 1.08. The Morgan fingerprint density at radius 2 is 1.56 bits per heavy atom. The van der Waals surface area contributed by atoms with Gasteiger partial charge in [-0.25, -0.2) is 0 Å². The van der Waals surface area contributed by atoms with Crippen LogP contribution < -0.4 is 11.5 Å². The SMILES string of the molecule is CC(=O)O.N=C(N)N.[La].